The average molecular weight is 296 g/mol. The molecule has 0 aliphatic heterocycles. The van der Waals surface area contributed by atoms with Gasteiger partial charge in [-0.25, -0.2) is 4.98 Å². The second-order valence-corrected chi connectivity index (χ2v) is 6.03. The lowest BCUT2D eigenvalue weighted by atomic mass is 10.4. The predicted octanol–water partition coefficient (Wildman–Crippen LogP) is 3.85. The zero-order valence-electron chi connectivity index (χ0n) is 11.1. The third-order valence-electron chi connectivity index (χ3n) is 2.58. The molecule has 102 valence electrons. The number of rotatable bonds is 6. The molecule has 1 heterocycles. The van der Waals surface area contributed by atoms with Crippen LogP contribution in [0.25, 0.3) is 0 Å². The molecule has 0 aliphatic carbocycles. The van der Waals surface area contributed by atoms with Crippen LogP contribution in [0.5, 0.6) is 0 Å². The van der Waals surface area contributed by atoms with Crippen LogP contribution >= 0.6 is 23.4 Å². The van der Waals surface area contributed by atoms with Crippen molar-refractivity contribution in [3.63, 3.8) is 0 Å². The first kappa shape index (κ1) is 14.4. The molecule has 1 aromatic carbocycles. The van der Waals surface area contributed by atoms with Gasteiger partial charge in [0, 0.05) is 29.4 Å². The van der Waals surface area contributed by atoms with E-state index in [4.69, 9.17) is 11.6 Å². The highest BCUT2D eigenvalue weighted by molar-refractivity contribution is 7.98. The summed E-state index contributed by atoms with van der Waals surface area (Å²) >= 11 is 7.81. The predicted molar refractivity (Wildman–Crippen MR) is 81.6 cm³/mol. The Morgan fingerprint density at radius 1 is 1.37 bits per heavy atom. The molecule has 0 bridgehead atoms. The largest absolute Gasteiger partial charge is 0.344 e. The quantitative estimate of drug-likeness (QED) is 0.795. The van der Waals surface area contributed by atoms with E-state index in [1.165, 1.54) is 0 Å². The molecule has 1 aromatic heterocycles. The van der Waals surface area contributed by atoms with Crippen molar-refractivity contribution in [2.45, 2.75) is 37.1 Å². The van der Waals surface area contributed by atoms with Crippen molar-refractivity contribution in [1.29, 1.82) is 0 Å². The molecule has 0 unspecified atom stereocenters. The highest BCUT2D eigenvalue weighted by Gasteiger charge is 2.04. The maximum atomic E-state index is 6.12. The number of hydrogen-bond donors (Lipinski definition) is 2. The number of thioether (sulfide) groups is 1. The van der Waals surface area contributed by atoms with E-state index in [1.807, 2.05) is 30.5 Å². The lowest BCUT2D eigenvalue weighted by Gasteiger charge is -2.05. The zero-order valence-corrected chi connectivity index (χ0v) is 12.7. The summed E-state index contributed by atoms with van der Waals surface area (Å²) in [6.07, 6.45) is 1.89. The van der Waals surface area contributed by atoms with Crippen molar-refractivity contribution in [1.82, 2.24) is 15.3 Å². The first-order valence-electron chi connectivity index (χ1n) is 6.28. The molecule has 0 aliphatic rings. The molecule has 2 rings (SSSR count). The zero-order chi connectivity index (χ0) is 13.7. The van der Waals surface area contributed by atoms with E-state index in [9.17, 15) is 0 Å². The SMILES string of the molecule is CC(C)NCc1cnc(CSc2ccccc2Cl)[nH]1. The molecule has 5 heteroatoms. The molecule has 0 atom stereocenters. The highest BCUT2D eigenvalue weighted by atomic mass is 35.5. The van der Waals surface area contributed by atoms with E-state index >= 15 is 0 Å². The van der Waals surface area contributed by atoms with Crippen LogP contribution in [0.2, 0.25) is 5.02 Å². The van der Waals surface area contributed by atoms with Crippen molar-refractivity contribution in [2.24, 2.45) is 0 Å². The lowest BCUT2D eigenvalue weighted by molar-refractivity contribution is 0.582. The molecule has 3 nitrogen and oxygen atoms in total. The van der Waals surface area contributed by atoms with Gasteiger partial charge < -0.3 is 10.3 Å². The van der Waals surface area contributed by atoms with Gasteiger partial charge in [-0.05, 0) is 12.1 Å². The normalized spacial score (nSPS) is 11.2. The Hall–Kier alpha value is -0.970. The summed E-state index contributed by atoms with van der Waals surface area (Å²) in [5.41, 5.74) is 1.11. The van der Waals surface area contributed by atoms with Crippen LogP contribution in [0, 0.1) is 0 Å². The minimum Gasteiger partial charge on any atom is -0.344 e. The van der Waals surface area contributed by atoms with E-state index < -0.39 is 0 Å². The molecular weight excluding hydrogens is 278 g/mol. The third kappa shape index (κ3) is 4.56. The molecule has 2 N–H and O–H groups in total. The van der Waals surface area contributed by atoms with E-state index in [-0.39, 0.29) is 0 Å². The van der Waals surface area contributed by atoms with Crippen LogP contribution < -0.4 is 5.32 Å². The fourth-order valence-corrected chi connectivity index (χ4v) is 2.71. The number of halogens is 1. The molecule has 0 saturated heterocycles. The lowest BCUT2D eigenvalue weighted by Crippen LogP contribution is -2.21. The number of H-pyrrole nitrogens is 1. The number of aromatic nitrogens is 2. The first-order chi connectivity index (χ1) is 9.15. The molecule has 0 radical (unpaired) electrons. The molecule has 0 fully saturated rings. The standard InChI is InChI=1S/C14H18ClN3S/c1-10(2)16-7-11-8-17-14(18-11)9-19-13-6-4-3-5-12(13)15/h3-6,8,10,16H,7,9H2,1-2H3,(H,17,18). The van der Waals surface area contributed by atoms with E-state index in [0.29, 0.717) is 6.04 Å². The summed E-state index contributed by atoms with van der Waals surface area (Å²) in [5.74, 6) is 1.77. The first-order valence-corrected chi connectivity index (χ1v) is 7.65. The fourth-order valence-electron chi connectivity index (χ4n) is 1.59. The second kappa shape index (κ2) is 6.98. The monoisotopic (exact) mass is 295 g/mol. The number of nitrogens with one attached hydrogen (secondary N) is 2. The van der Waals surface area contributed by atoms with Gasteiger partial charge >= 0.3 is 0 Å². The van der Waals surface area contributed by atoms with Gasteiger partial charge in [-0.1, -0.05) is 37.6 Å². The topological polar surface area (TPSA) is 40.7 Å². The highest BCUT2D eigenvalue weighted by Crippen LogP contribution is 2.28. The van der Waals surface area contributed by atoms with Crippen LogP contribution in [0.1, 0.15) is 25.4 Å². The number of hydrogen-bond acceptors (Lipinski definition) is 3. The maximum absolute atomic E-state index is 6.12. The van der Waals surface area contributed by atoms with Crippen molar-refractivity contribution in [2.75, 3.05) is 0 Å². The fraction of sp³-hybridized carbons (Fsp3) is 0.357. The summed E-state index contributed by atoms with van der Waals surface area (Å²) < 4.78 is 0. The third-order valence-corrected chi connectivity index (χ3v) is 4.11. The molecule has 0 saturated carbocycles. The Balaban J connectivity index is 1.88. The summed E-state index contributed by atoms with van der Waals surface area (Å²) in [6.45, 7) is 5.08. The van der Waals surface area contributed by atoms with Gasteiger partial charge in [0.2, 0.25) is 0 Å². The Bertz CT molecular complexity index is 525. The van der Waals surface area contributed by atoms with Crippen molar-refractivity contribution in [3.05, 3.63) is 47.0 Å². The molecular formula is C14H18ClN3S. The van der Waals surface area contributed by atoms with Crippen LogP contribution in [0.3, 0.4) is 0 Å². The van der Waals surface area contributed by atoms with Gasteiger partial charge in [0.1, 0.15) is 5.82 Å². The van der Waals surface area contributed by atoms with Crippen LogP contribution in [-0.2, 0) is 12.3 Å². The van der Waals surface area contributed by atoms with Crippen LogP contribution in [0.4, 0.5) is 0 Å². The summed E-state index contributed by atoms with van der Waals surface area (Å²) in [6, 6.07) is 8.34. The molecule has 19 heavy (non-hydrogen) atoms. The van der Waals surface area contributed by atoms with Crippen molar-refractivity contribution < 1.29 is 0 Å². The van der Waals surface area contributed by atoms with E-state index in [2.05, 4.69) is 29.1 Å². The van der Waals surface area contributed by atoms with E-state index in [0.717, 1.165) is 33.7 Å². The molecule has 0 spiro atoms. The second-order valence-electron chi connectivity index (χ2n) is 4.61. The number of imidazole rings is 1. The maximum Gasteiger partial charge on any atom is 0.116 e. The van der Waals surface area contributed by atoms with Gasteiger partial charge in [0.05, 0.1) is 10.8 Å². The number of aromatic amines is 1. The Morgan fingerprint density at radius 2 is 2.16 bits per heavy atom. The van der Waals surface area contributed by atoms with Gasteiger partial charge in [-0.3, -0.25) is 0 Å². The summed E-state index contributed by atoms with van der Waals surface area (Å²) in [4.78, 5) is 8.79. The van der Waals surface area contributed by atoms with Gasteiger partial charge in [-0.2, -0.15) is 0 Å². The average Bonchev–Trinajstić information content (AvgIpc) is 2.83. The smallest absolute Gasteiger partial charge is 0.116 e. The van der Waals surface area contributed by atoms with Crippen molar-refractivity contribution >= 4 is 23.4 Å². The Kier molecular flexibility index (Phi) is 5.31. The summed E-state index contributed by atoms with van der Waals surface area (Å²) in [5, 5.41) is 4.15. The van der Waals surface area contributed by atoms with Gasteiger partial charge in [0.15, 0.2) is 0 Å². The number of benzene rings is 1. The van der Waals surface area contributed by atoms with Crippen molar-refractivity contribution in [3.8, 4) is 0 Å². The van der Waals surface area contributed by atoms with Gasteiger partial charge in [-0.15, -0.1) is 11.8 Å². The Labute approximate surface area is 123 Å². The van der Waals surface area contributed by atoms with Gasteiger partial charge in [0.25, 0.3) is 0 Å². The van der Waals surface area contributed by atoms with Crippen LogP contribution in [0.15, 0.2) is 35.4 Å². The minimum atomic E-state index is 0.476. The van der Waals surface area contributed by atoms with Crippen LogP contribution in [-0.4, -0.2) is 16.0 Å². The minimum absolute atomic E-state index is 0.476. The van der Waals surface area contributed by atoms with E-state index in [1.54, 1.807) is 11.8 Å². The molecule has 0 amide bonds. The summed E-state index contributed by atoms with van der Waals surface area (Å²) in [7, 11) is 0. The number of nitrogens with zero attached hydrogens (tertiary/aromatic N) is 1. The Morgan fingerprint density at radius 3 is 2.89 bits per heavy atom. The molecule has 2 aromatic rings.